The highest BCUT2D eigenvalue weighted by atomic mass is 16.8. The molecule has 0 amide bonds. The van der Waals surface area contributed by atoms with Gasteiger partial charge in [0.2, 0.25) is 12.4 Å². The molecule has 0 radical (unpaired) electrons. The largest absolute Gasteiger partial charge is 0.462 e. The van der Waals surface area contributed by atoms with E-state index in [9.17, 15) is 19.2 Å². The Labute approximate surface area is 167 Å². The summed E-state index contributed by atoms with van der Waals surface area (Å²) >= 11 is 0. The molecule has 0 bridgehead atoms. The van der Waals surface area contributed by atoms with Crippen molar-refractivity contribution in [1.82, 2.24) is 0 Å². The van der Waals surface area contributed by atoms with E-state index in [4.69, 9.17) is 23.7 Å². The summed E-state index contributed by atoms with van der Waals surface area (Å²) < 4.78 is 26.9. The van der Waals surface area contributed by atoms with Crippen LogP contribution in [0.3, 0.4) is 0 Å². The first-order valence-electron chi connectivity index (χ1n) is 9.14. The molecule has 156 valence electrons. The van der Waals surface area contributed by atoms with E-state index in [2.05, 4.69) is 0 Å². The van der Waals surface area contributed by atoms with Gasteiger partial charge in [-0.15, -0.1) is 0 Å². The fraction of sp³-hybridized carbons (Fsp3) is 0.500. The molecule has 1 saturated heterocycles. The van der Waals surface area contributed by atoms with Crippen molar-refractivity contribution in [2.75, 3.05) is 6.61 Å². The molecule has 29 heavy (non-hydrogen) atoms. The maximum absolute atomic E-state index is 12.2. The van der Waals surface area contributed by atoms with Gasteiger partial charge in [-0.2, -0.15) is 0 Å². The Morgan fingerprint density at radius 2 is 1.59 bits per heavy atom. The summed E-state index contributed by atoms with van der Waals surface area (Å²) in [6.07, 6.45) is -2.96. The number of ether oxygens (including phenoxy) is 5. The topological polar surface area (TPSA) is 114 Å². The molecule has 1 aliphatic carbocycles. The lowest BCUT2D eigenvalue weighted by molar-refractivity contribution is -0.197. The number of carbonyl (C=O) groups is 4. The molecular weight excluding hydrogens is 384 g/mol. The first-order chi connectivity index (χ1) is 13.7. The van der Waals surface area contributed by atoms with Crippen molar-refractivity contribution in [3.63, 3.8) is 0 Å². The molecule has 9 heteroatoms. The smallest absolute Gasteiger partial charge is 0.338 e. The van der Waals surface area contributed by atoms with Crippen molar-refractivity contribution >= 4 is 23.9 Å². The normalized spacial score (nSPS) is 29.8. The predicted octanol–water partition coefficient (Wildman–Crippen LogP) is 1.38. The standard InChI is InChI=1S/C20H22O9/c1-11(21)26-16-17(27-12(2)22)20(29-19(16)28-13(3)23)9-15(20)10-25-18(24)14-7-5-4-6-8-14/h4-8,15-17,19H,9-10H2,1-3H3/t15-,16?,17?,19+,20-/m0/s1. The van der Waals surface area contributed by atoms with E-state index in [1.54, 1.807) is 30.3 Å². The van der Waals surface area contributed by atoms with Gasteiger partial charge in [-0.1, -0.05) is 18.2 Å². The van der Waals surface area contributed by atoms with E-state index in [1.165, 1.54) is 20.8 Å². The Hall–Kier alpha value is -2.94. The van der Waals surface area contributed by atoms with Crippen LogP contribution in [-0.2, 0) is 38.1 Å². The van der Waals surface area contributed by atoms with Crippen LogP contribution in [0.4, 0.5) is 0 Å². The molecule has 1 aliphatic heterocycles. The maximum Gasteiger partial charge on any atom is 0.338 e. The van der Waals surface area contributed by atoms with Crippen LogP contribution in [-0.4, -0.2) is 54.6 Å². The molecule has 1 spiro atoms. The highest BCUT2D eigenvalue weighted by Gasteiger charge is 2.73. The van der Waals surface area contributed by atoms with Gasteiger partial charge in [-0.05, 0) is 18.6 Å². The van der Waals surface area contributed by atoms with Crippen LogP contribution < -0.4 is 0 Å². The summed E-state index contributed by atoms with van der Waals surface area (Å²) in [6.45, 7) is 3.59. The van der Waals surface area contributed by atoms with Gasteiger partial charge in [-0.25, -0.2) is 4.79 Å². The minimum Gasteiger partial charge on any atom is -0.462 e. The van der Waals surface area contributed by atoms with Crippen LogP contribution in [0.2, 0.25) is 0 Å². The Balaban J connectivity index is 1.73. The minimum absolute atomic E-state index is 0.00503. The zero-order valence-electron chi connectivity index (χ0n) is 16.3. The lowest BCUT2D eigenvalue weighted by Gasteiger charge is -2.23. The monoisotopic (exact) mass is 406 g/mol. The van der Waals surface area contributed by atoms with E-state index in [0.717, 1.165) is 0 Å². The Morgan fingerprint density at radius 3 is 2.17 bits per heavy atom. The Morgan fingerprint density at radius 1 is 0.966 bits per heavy atom. The molecule has 0 N–H and O–H groups in total. The number of carbonyl (C=O) groups excluding carboxylic acids is 4. The van der Waals surface area contributed by atoms with Crippen LogP contribution in [0.5, 0.6) is 0 Å². The Bertz CT molecular complexity index is 805. The number of rotatable bonds is 6. The van der Waals surface area contributed by atoms with Crippen molar-refractivity contribution in [2.45, 2.75) is 51.3 Å². The summed E-state index contributed by atoms with van der Waals surface area (Å²) in [7, 11) is 0. The van der Waals surface area contributed by atoms with Crippen LogP contribution in [0, 0.1) is 5.92 Å². The van der Waals surface area contributed by atoms with Crippen molar-refractivity contribution < 1.29 is 42.9 Å². The van der Waals surface area contributed by atoms with Crippen LogP contribution >= 0.6 is 0 Å². The number of hydrogen-bond acceptors (Lipinski definition) is 9. The third-order valence-corrected chi connectivity index (χ3v) is 4.78. The average Bonchev–Trinajstić information content (AvgIpc) is 3.28. The first kappa shape index (κ1) is 20.8. The quantitative estimate of drug-likeness (QED) is 0.510. The van der Waals surface area contributed by atoms with E-state index in [-0.39, 0.29) is 12.5 Å². The molecule has 9 nitrogen and oxygen atoms in total. The van der Waals surface area contributed by atoms with E-state index in [0.29, 0.717) is 12.0 Å². The average molecular weight is 406 g/mol. The molecule has 1 aromatic carbocycles. The zero-order valence-corrected chi connectivity index (χ0v) is 16.3. The molecule has 0 aromatic heterocycles. The summed E-state index contributed by atoms with van der Waals surface area (Å²) in [5.74, 6) is -2.71. The lowest BCUT2D eigenvalue weighted by Crippen LogP contribution is -2.42. The second-order valence-electron chi connectivity index (χ2n) is 7.02. The van der Waals surface area contributed by atoms with Gasteiger partial charge in [0.25, 0.3) is 0 Å². The van der Waals surface area contributed by atoms with Gasteiger partial charge in [-0.3, -0.25) is 14.4 Å². The molecule has 2 aliphatic rings. The fourth-order valence-electron chi connectivity index (χ4n) is 3.53. The molecule has 2 unspecified atom stereocenters. The number of hydrogen-bond donors (Lipinski definition) is 0. The van der Waals surface area contributed by atoms with Crippen molar-refractivity contribution in [3.8, 4) is 0 Å². The van der Waals surface area contributed by atoms with E-state index >= 15 is 0 Å². The zero-order chi connectivity index (χ0) is 21.2. The molecule has 5 atom stereocenters. The third-order valence-electron chi connectivity index (χ3n) is 4.78. The van der Waals surface area contributed by atoms with Crippen LogP contribution in [0.1, 0.15) is 37.6 Å². The van der Waals surface area contributed by atoms with Crippen LogP contribution in [0.15, 0.2) is 30.3 Å². The molecule has 3 rings (SSSR count). The molecule has 2 fully saturated rings. The second kappa shape index (κ2) is 8.20. The predicted molar refractivity (Wildman–Crippen MR) is 95.3 cm³/mol. The van der Waals surface area contributed by atoms with Gasteiger partial charge in [0.05, 0.1) is 12.2 Å². The molecule has 1 saturated carbocycles. The van der Waals surface area contributed by atoms with Crippen molar-refractivity contribution in [2.24, 2.45) is 5.92 Å². The van der Waals surface area contributed by atoms with Gasteiger partial charge in [0, 0.05) is 26.7 Å². The van der Waals surface area contributed by atoms with Crippen molar-refractivity contribution in [1.29, 1.82) is 0 Å². The highest BCUT2D eigenvalue weighted by molar-refractivity contribution is 5.89. The number of benzene rings is 1. The highest BCUT2D eigenvalue weighted by Crippen LogP contribution is 2.57. The third kappa shape index (κ3) is 4.56. The lowest BCUT2D eigenvalue weighted by atomic mass is 10.1. The second-order valence-corrected chi connectivity index (χ2v) is 7.02. The summed E-state index contributed by atoms with van der Waals surface area (Å²) in [5, 5.41) is 0. The Kier molecular flexibility index (Phi) is 5.88. The molecule has 1 aromatic rings. The minimum atomic E-state index is -1.23. The molecular formula is C20H22O9. The molecule has 1 heterocycles. The summed E-state index contributed by atoms with van der Waals surface area (Å²) in [5.41, 5.74) is -0.662. The van der Waals surface area contributed by atoms with Crippen molar-refractivity contribution in [3.05, 3.63) is 35.9 Å². The van der Waals surface area contributed by atoms with Gasteiger partial charge >= 0.3 is 23.9 Å². The number of esters is 4. The van der Waals surface area contributed by atoms with Gasteiger partial charge in [0.1, 0.15) is 5.60 Å². The van der Waals surface area contributed by atoms with Crippen LogP contribution in [0.25, 0.3) is 0 Å². The van der Waals surface area contributed by atoms with E-state index < -0.39 is 48.0 Å². The van der Waals surface area contributed by atoms with E-state index in [1.807, 2.05) is 0 Å². The SMILES string of the molecule is CC(=O)OC1C(OC(C)=O)[C@@]2(C[C@H]2COC(=O)c2ccccc2)O[C@H]1OC(C)=O. The van der Waals surface area contributed by atoms with Gasteiger partial charge < -0.3 is 23.7 Å². The summed E-state index contributed by atoms with van der Waals surface area (Å²) in [6, 6.07) is 8.49. The van der Waals surface area contributed by atoms with Gasteiger partial charge in [0.15, 0.2) is 6.10 Å². The summed E-state index contributed by atoms with van der Waals surface area (Å²) in [4.78, 5) is 46.7. The maximum atomic E-state index is 12.2. The fourth-order valence-corrected chi connectivity index (χ4v) is 3.53. The first-order valence-corrected chi connectivity index (χ1v) is 9.14.